The van der Waals surface area contributed by atoms with Crippen molar-refractivity contribution in [2.24, 2.45) is 0 Å². The molecule has 0 radical (unpaired) electrons. The topological polar surface area (TPSA) is 66.8 Å². The summed E-state index contributed by atoms with van der Waals surface area (Å²) in [5, 5.41) is 17.7. The molecule has 25 heavy (non-hydrogen) atoms. The molecule has 0 aliphatic rings. The molecule has 0 amide bonds. The van der Waals surface area contributed by atoms with Crippen molar-refractivity contribution in [2.45, 2.75) is 90.1 Å². The Morgan fingerprint density at radius 3 is 2.16 bits per heavy atom. The summed E-state index contributed by atoms with van der Waals surface area (Å²) in [5.74, 6) is -0.293. The minimum Gasteiger partial charge on any atom is -0.463 e. The van der Waals surface area contributed by atoms with Gasteiger partial charge in [-0.25, -0.2) is 0 Å². The largest absolute Gasteiger partial charge is 0.463 e. The normalized spacial score (nSPS) is 12.9. The van der Waals surface area contributed by atoms with Crippen molar-refractivity contribution in [3.63, 3.8) is 0 Å². The molecule has 0 bridgehead atoms. The molecule has 1 atom stereocenters. The van der Waals surface area contributed by atoms with Crippen LogP contribution in [0.3, 0.4) is 0 Å². The maximum absolute atomic E-state index is 11.4. The van der Waals surface area contributed by atoms with Crippen LogP contribution in [0.1, 0.15) is 84.0 Å². The van der Waals surface area contributed by atoms with E-state index in [0.717, 1.165) is 32.1 Å². The lowest BCUT2D eigenvalue weighted by Gasteiger charge is -2.08. The third-order valence-corrected chi connectivity index (χ3v) is 3.98. The van der Waals surface area contributed by atoms with E-state index >= 15 is 0 Å². The summed E-state index contributed by atoms with van der Waals surface area (Å²) in [6.45, 7) is 1.74. The van der Waals surface area contributed by atoms with Gasteiger partial charge in [0.05, 0.1) is 6.61 Å². The quantitative estimate of drug-likeness (QED) is 0.226. The second-order valence-corrected chi connectivity index (χ2v) is 6.50. The lowest BCUT2D eigenvalue weighted by atomic mass is 10.1. The summed E-state index contributed by atoms with van der Waals surface area (Å²) >= 11 is 0. The number of rotatable bonds is 17. The minimum atomic E-state index is -0.964. The third-order valence-electron chi connectivity index (χ3n) is 3.98. The molecule has 0 aliphatic heterocycles. The van der Waals surface area contributed by atoms with Crippen LogP contribution in [0.15, 0.2) is 24.3 Å². The van der Waals surface area contributed by atoms with Gasteiger partial charge in [-0.3, -0.25) is 4.79 Å². The maximum Gasteiger partial charge on any atom is 0.305 e. The van der Waals surface area contributed by atoms with Crippen LogP contribution in [0, 0.1) is 0 Å². The Morgan fingerprint density at radius 1 is 0.920 bits per heavy atom. The molecule has 0 aromatic heterocycles. The molecule has 0 aromatic carbocycles. The summed E-state index contributed by atoms with van der Waals surface area (Å²) in [6, 6.07) is 0. The van der Waals surface area contributed by atoms with E-state index < -0.39 is 6.10 Å². The molecule has 1 unspecified atom stereocenters. The van der Waals surface area contributed by atoms with Gasteiger partial charge in [-0.1, -0.05) is 63.3 Å². The number of ether oxygens (including phenoxy) is 1. The van der Waals surface area contributed by atoms with Gasteiger partial charge in [0, 0.05) is 6.42 Å². The second kappa shape index (κ2) is 19.2. The smallest absolute Gasteiger partial charge is 0.305 e. The molecule has 146 valence electrons. The van der Waals surface area contributed by atoms with Crippen LogP contribution in [-0.4, -0.2) is 35.5 Å². The predicted octanol–water partition coefficient (Wildman–Crippen LogP) is 4.70. The Labute approximate surface area is 154 Å². The van der Waals surface area contributed by atoms with Crippen molar-refractivity contribution in [1.82, 2.24) is 0 Å². The standard InChI is InChI=1S/C21H38O4/c1-2-3-4-5-6-7-8-9-10-11-12-13-14-15-16-17-21(24)25-19-20(23)18-22/h6-7,9-10,20,22-23H,2-5,8,11-19H2,1H3/b7-6+,10-9-. The number of aliphatic hydroxyl groups is 2. The molecule has 0 aliphatic carbocycles. The zero-order valence-corrected chi connectivity index (χ0v) is 16.0. The fourth-order valence-electron chi connectivity index (χ4n) is 2.39. The van der Waals surface area contributed by atoms with Crippen LogP contribution in [0.2, 0.25) is 0 Å². The fourth-order valence-corrected chi connectivity index (χ4v) is 2.39. The zero-order valence-electron chi connectivity index (χ0n) is 16.0. The number of hydrogen-bond acceptors (Lipinski definition) is 4. The SMILES string of the molecule is CCCCC/C=C/C/C=C\CCCCCCCC(=O)OCC(O)CO. The molecule has 0 heterocycles. The highest BCUT2D eigenvalue weighted by molar-refractivity contribution is 5.69. The summed E-state index contributed by atoms with van der Waals surface area (Å²) in [6.07, 6.45) is 21.1. The van der Waals surface area contributed by atoms with Crippen LogP contribution >= 0.6 is 0 Å². The summed E-state index contributed by atoms with van der Waals surface area (Å²) in [4.78, 5) is 11.4. The Bertz CT molecular complexity index is 350. The number of aliphatic hydroxyl groups excluding tert-OH is 2. The summed E-state index contributed by atoms with van der Waals surface area (Å²) in [5.41, 5.74) is 0. The Kier molecular flexibility index (Phi) is 18.3. The number of unbranched alkanes of at least 4 members (excludes halogenated alkanes) is 8. The Morgan fingerprint density at radius 2 is 1.52 bits per heavy atom. The second-order valence-electron chi connectivity index (χ2n) is 6.50. The molecular formula is C21H38O4. The van der Waals surface area contributed by atoms with Crippen LogP contribution in [0.4, 0.5) is 0 Å². The molecule has 4 heteroatoms. The minimum absolute atomic E-state index is 0.115. The molecule has 4 nitrogen and oxygen atoms in total. The van der Waals surface area contributed by atoms with E-state index in [1.54, 1.807) is 0 Å². The van der Waals surface area contributed by atoms with Crippen molar-refractivity contribution < 1.29 is 19.7 Å². The van der Waals surface area contributed by atoms with Gasteiger partial charge >= 0.3 is 5.97 Å². The lowest BCUT2D eigenvalue weighted by Crippen LogP contribution is -2.21. The average molecular weight is 355 g/mol. The van der Waals surface area contributed by atoms with Gasteiger partial charge in [0.2, 0.25) is 0 Å². The van der Waals surface area contributed by atoms with Gasteiger partial charge in [0.15, 0.2) is 0 Å². The van der Waals surface area contributed by atoms with Crippen molar-refractivity contribution >= 4 is 5.97 Å². The van der Waals surface area contributed by atoms with Gasteiger partial charge < -0.3 is 14.9 Å². The molecule has 0 aromatic rings. The first kappa shape index (κ1) is 23.9. The van der Waals surface area contributed by atoms with E-state index in [4.69, 9.17) is 14.9 Å². The molecule has 2 N–H and O–H groups in total. The summed E-state index contributed by atoms with van der Waals surface area (Å²) < 4.78 is 4.85. The number of esters is 1. The van der Waals surface area contributed by atoms with Crippen molar-refractivity contribution in [1.29, 1.82) is 0 Å². The predicted molar refractivity (Wildman–Crippen MR) is 103 cm³/mol. The first-order valence-electron chi connectivity index (χ1n) is 9.95. The monoisotopic (exact) mass is 354 g/mol. The highest BCUT2D eigenvalue weighted by atomic mass is 16.5. The van der Waals surface area contributed by atoms with Gasteiger partial charge in [-0.15, -0.1) is 0 Å². The van der Waals surface area contributed by atoms with E-state index in [1.807, 2.05) is 0 Å². The van der Waals surface area contributed by atoms with Crippen LogP contribution in [-0.2, 0) is 9.53 Å². The molecule has 0 rings (SSSR count). The lowest BCUT2D eigenvalue weighted by molar-refractivity contribution is -0.147. The first-order chi connectivity index (χ1) is 12.2. The Balaban J connectivity index is 3.30. The third kappa shape index (κ3) is 19.0. The number of hydrogen-bond donors (Lipinski definition) is 2. The maximum atomic E-state index is 11.4. The van der Waals surface area contributed by atoms with Gasteiger partial charge in [0.25, 0.3) is 0 Å². The van der Waals surface area contributed by atoms with Gasteiger partial charge in [0.1, 0.15) is 12.7 Å². The Hall–Kier alpha value is -1.13. The van der Waals surface area contributed by atoms with E-state index in [0.29, 0.717) is 6.42 Å². The molecule has 0 fully saturated rings. The van der Waals surface area contributed by atoms with Crippen molar-refractivity contribution in [3.8, 4) is 0 Å². The van der Waals surface area contributed by atoms with Crippen LogP contribution in [0.5, 0.6) is 0 Å². The summed E-state index contributed by atoms with van der Waals surface area (Å²) in [7, 11) is 0. The number of carbonyl (C=O) groups is 1. The number of carbonyl (C=O) groups excluding carboxylic acids is 1. The van der Waals surface area contributed by atoms with E-state index in [9.17, 15) is 4.79 Å². The highest BCUT2D eigenvalue weighted by Gasteiger charge is 2.07. The molecule has 0 saturated carbocycles. The van der Waals surface area contributed by atoms with Gasteiger partial charge in [-0.2, -0.15) is 0 Å². The zero-order chi connectivity index (χ0) is 18.6. The van der Waals surface area contributed by atoms with Gasteiger partial charge in [-0.05, 0) is 38.5 Å². The van der Waals surface area contributed by atoms with Crippen LogP contribution in [0.25, 0.3) is 0 Å². The molecular weight excluding hydrogens is 316 g/mol. The highest BCUT2D eigenvalue weighted by Crippen LogP contribution is 2.08. The fraction of sp³-hybridized carbons (Fsp3) is 0.762. The van der Waals surface area contributed by atoms with Crippen molar-refractivity contribution in [3.05, 3.63) is 24.3 Å². The molecule has 0 saturated heterocycles. The van der Waals surface area contributed by atoms with Crippen LogP contribution < -0.4 is 0 Å². The van der Waals surface area contributed by atoms with E-state index in [2.05, 4.69) is 31.2 Å². The van der Waals surface area contributed by atoms with E-state index in [-0.39, 0.29) is 19.2 Å². The average Bonchev–Trinajstić information content (AvgIpc) is 2.62. The first-order valence-corrected chi connectivity index (χ1v) is 9.95. The molecule has 0 spiro atoms. The number of allylic oxidation sites excluding steroid dienone is 4. The van der Waals surface area contributed by atoms with Crippen molar-refractivity contribution in [2.75, 3.05) is 13.2 Å². The van der Waals surface area contributed by atoms with E-state index in [1.165, 1.54) is 38.5 Å².